The summed E-state index contributed by atoms with van der Waals surface area (Å²) in [5.41, 5.74) is 1.66. The molecule has 1 saturated carbocycles. The zero-order valence-corrected chi connectivity index (χ0v) is 23.5. The Morgan fingerprint density at radius 3 is 2.51 bits per heavy atom. The number of halogens is 1. The molecule has 1 saturated heterocycles. The van der Waals surface area contributed by atoms with Gasteiger partial charge >= 0.3 is 6.09 Å². The van der Waals surface area contributed by atoms with Gasteiger partial charge in [-0.3, -0.25) is 0 Å². The fourth-order valence-corrected chi connectivity index (χ4v) is 6.27. The lowest BCUT2D eigenvalue weighted by molar-refractivity contribution is 0.182. The molecule has 11 heteroatoms. The molecule has 3 heterocycles. The Balaban J connectivity index is 1.60. The van der Waals surface area contributed by atoms with Crippen LogP contribution in [0.2, 0.25) is 23.4 Å². The Morgan fingerprint density at radius 2 is 1.89 bits per heavy atom. The smallest absolute Gasteiger partial charge is 0.404 e. The number of nitrogens with zero attached hydrogens (tertiary/aromatic N) is 5. The zero-order valence-electron chi connectivity index (χ0n) is 21.8. The number of anilines is 1. The first-order valence-corrected chi connectivity index (χ1v) is 16.0. The van der Waals surface area contributed by atoms with E-state index in [0.29, 0.717) is 6.61 Å². The quantitative estimate of drug-likeness (QED) is 0.379. The second-order valence-corrected chi connectivity index (χ2v) is 16.7. The molecule has 2 aliphatic rings. The fourth-order valence-electron chi connectivity index (χ4n) is 5.07. The summed E-state index contributed by atoms with van der Waals surface area (Å²) in [7, 11) is -1.86. The van der Waals surface area contributed by atoms with Crippen LogP contribution in [0.25, 0.3) is 11.0 Å². The van der Waals surface area contributed by atoms with Gasteiger partial charge in [-0.1, -0.05) is 20.8 Å². The number of hydrogen-bond acceptors (Lipinski definition) is 6. The maximum absolute atomic E-state index is 11.0. The predicted molar refractivity (Wildman–Crippen MR) is 141 cm³/mol. The van der Waals surface area contributed by atoms with Crippen LogP contribution in [0.5, 0.6) is 0 Å². The van der Waals surface area contributed by atoms with Gasteiger partial charge in [0.15, 0.2) is 14.0 Å². The highest BCUT2D eigenvalue weighted by atomic mass is 35.5. The number of nitrogens with one attached hydrogen (secondary N) is 1. The van der Waals surface area contributed by atoms with Crippen LogP contribution in [0.3, 0.4) is 0 Å². The van der Waals surface area contributed by atoms with Crippen molar-refractivity contribution in [2.75, 3.05) is 18.1 Å². The molecule has 9 nitrogen and oxygen atoms in total. The second kappa shape index (κ2) is 9.86. The minimum absolute atomic E-state index is 0.00768. The summed E-state index contributed by atoms with van der Waals surface area (Å²) in [6.45, 7) is 15.0. The van der Waals surface area contributed by atoms with Crippen LogP contribution in [-0.4, -0.2) is 64.5 Å². The first-order valence-electron chi connectivity index (χ1n) is 12.7. The molecule has 35 heavy (non-hydrogen) atoms. The molecule has 0 bridgehead atoms. The number of rotatable bonds is 6. The molecule has 1 amide bonds. The molecule has 2 N–H and O–H groups in total. The number of aromatic nitrogens is 4. The van der Waals surface area contributed by atoms with Crippen molar-refractivity contribution >= 4 is 42.9 Å². The van der Waals surface area contributed by atoms with Crippen molar-refractivity contribution in [3.8, 4) is 0 Å². The Morgan fingerprint density at radius 1 is 1.20 bits per heavy atom. The van der Waals surface area contributed by atoms with Gasteiger partial charge in [0.25, 0.3) is 0 Å². The van der Waals surface area contributed by atoms with Crippen molar-refractivity contribution in [2.24, 2.45) is 0 Å². The number of hydrogen-bond donors (Lipinski definition) is 2. The Labute approximate surface area is 213 Å². The molecule has 1 unspecified atom stereocenters. The second-order valence-electron chi connectivity index (χ2n) is 11.6. The van der Waals surface area contributed by atoms with E-state index in [1.54, 1.807) is 0 Å². The Kier molecular flexibility index (Phi) is 7.37. The summed E-state index contributed by atoms with van der Waals surface area (Å²) in [6, 6.07) is 0.401. The Hall–Kier alpha value is -1.91. The lowest BCUT2D eigenvalue weighted by Crippen LogP contribution is -2.45. The van der Waals surface area contributed by atoms with E-state index in [0.717, 1.165) is 67.6 Å². The molecule has 1 aliphatic carbocycles. The monoisotopic (exact) mass is 522 g/mol. The standard InChI is InChI=1S/C24H39ClN6O3Si/c1-15-19-20(30-13-7-8-18(30)14-34-35(5,6)24(2,3)4)27-22(25)28-21(19)31(29-15)17-11-9-16(10-12-17)26-23(32)33/h16-18,26H,7-14H2,1-6H3,(H,32,33). The third-order valence-electron chi connectivity index (χ3n) is 8.14. The van der Waals surface area contributed by atoms with Gasteiger partial charge in [0, 0.05) is 12.6 Å². The number of carbonyl (C=O) groups is 1. The minimum atomic E-state index is -1.86. The number of amides is 1. The number of aryl methyl sites for hydroxylation is 1. The maximum atomic E-state index is 11.0. The van der Waals surface area contributed by atoms with Gasteiger partial charge in [-0.2, -0.15) is 15.1 Å². The molecule has 0 radical (unpaired) electrons. The average molecular weight is 523 g/mol. The van der Waals surface area contributed by atoms with Gasteiger partial charge in [-0.05, 0) is 75.2 Å². The normalized spacial score (nSPS) is 23.7. The average Bonchev–Trinajstić information content (AvgIpc) is 3.36. The zero-order chi connectivity index (χ0) is 25.5. The number of carboxylic acid groups (broad SMARTS) is 1. The van der Waals surface area contributed by atoms with Crippen molar-refractivity contribution in [3.05, 3.63) is 11.0 Å². The van der Waals surface area contributed by atoms with E-state index in [-0.39, 0.29) is 28.4 Å². The lowest BCUT2D eigenvalue weighted by Gasteiger charge is -2.38. The fraction of sp³-hybridized carbons (Fsp3) is 0.750. The van der Waals surface area contributed by atoms with Crippen LogP contribution in [0.4, 0.5) is 10.6 Å². The van der Waals surface area contributed by atoms with Crippen molar-refractivity contribution in [1.82, 2.24) is 25.1 Å². The van der Waals surface area contributed by atoms with E-state index in [2.05, 4.69) is 49.1 Å². The highest BCUT2D eigenvalue weighted by Crippen LogP contribution is 2.39. The highest BCUT2D eigenvalue weighted by molar-refractivity contribution is 6.74. The molecule has 4 rings (SSSR count). The van der Waals surface area contributed by atoms with Gasteiger partial charge in [0.1, 0.15) is 5.82 Å². The molecule has 1 aliphatic heterocycles. The van der Waals surface area contributed by atoms with Crippen LogP contribution in [0.15, 0.2) is 0 Å². The van der Waals surface area contributed by atoms with Crippen molar-refractivity contribution in [3.63, 3.8) is 0 Å². The molecular formula is C24H39ClN6O3Si. The van der Waals surface area contributed by atoms with E-state index in [9.17, 15) is 4.79 Å². The molecule has 2 aromatic heterocycles. The van der Waals surface area contributed by atoms with Crippen LogP contribution < -0.4 is 10.2 Å². The van der Waals surface area contributed by atoms with Crippen molar-refractivity contribution in [1.29, 1.82) is 0 Å². The van der Waals surface area contributed by atoms with Gasteiger partial charge < -0.3 is 19.7 Å². The van der Waals surface area contributed by atoms with Crippen molar-refractivity contribution in [2.45, 2.75) is 102 Å². The van der Waals surface area contributed by atoms with E-state index in [4.69, 9.17) is 31.2 Å². The summed E-state index contributed by atoms with van der Waals surface area (Å²) < 4.78 is 8.59. The van der Waals surface area contributed by atoms with Crippen LogP contribution in [0, 0.1) is 6.92 Å². The summed E-state index contributed by atoms with van der Waals surface area (Å²) in [4.78, 5) is 22.7. The first-order chi connectivity index (χ1) is 16.4. The van der Waals surface area contributed by atoms with Gasteiger partial charge in [0.05, 0.1) is 29.8 Å². The van der Waals surface area contributed by atoms with E-state index >= 15 is 0 Å². The van der Waals surface area contributed by atoms with Gasteiger partial charge in [-0.25, -0.2) is 9.48 Å². The molecular weight excluding hydrogens is 484 g/mol. The predicted octanol–water partition coefficient (Wildman–Crippen LogP) is 5.53. The molecule has 2 fully saturated rings. The molecule has 2 aromatic rings. The molecule has 1 atom stereocenters. The van der Waals surface area contributed by atoms with Gasteiger partial charge in [-0.15, -0.1) is 0 Å². The minimum Gasteiger partial charge on any atom is -0.465 e. The third-order valence-corrected chi connectivity index (χ3v) is 12.8. The van der Waals surface area contributed by atoms with Crippen molar-refractivity contribution < 1.29 is 14.3 Å². The first kappa shape index (κ1) is 26.2. The Bertz CT molecular complexity index is 1080. The summed E-state index contributed by atoms with van der Waals surface area (Å²) in [5.74, 6) is 0.853. The van der Waals surface area contributed by atoms with Crippen LogP contribution in [-0.2, 0) is 4.43 Å². The summed E-state index contributed by atoms with van der Waals surface area (Å²) in [6.07, 6.45) is 4.42. The van der Waals surface area contributed by atoms with E-state index in [1.807, 2.05) is 11.6 Å². The SMILES string of the molecule is Cc1nn(C2CCC(NC(=O)O)CC2)c2nc(Cl)nc(N3CCCC3CO[Si](C)(C)C(C)(C)C)c12. The summed E-state index contributed by atoms with van der Waals surface area (Å²) in [5, 5.41) is 17.9. The van der Waals surface area contributed by atoms with Gasteiger partial charge in [0.2, 0.25) is 5.28 Å². The topological polar surface area (TPSA) is 105 Å². The third kappa shape index (κ3) is 5.44. The largest absolute Gasteiger partial charge is 0.465 e. The molecule has 194 valence electrons. The van der Waals surface area contributed by atoms with E-state index < -0.39 is 14.4 Å². The maximum Gasteiger partial charge on any atom is 0.404 e. The summed E-state index contributed by atoms with van der Waals surface area (Å²) >= 11 is 6.47. The van der Waals surface area contributed by atoms with Crippen LogP contribution >= 0.6 is 11.6 Å². The highest BCUT2D eigenvalue weighted by Gasteiger charge is 2.39. The van der Waals surface area contributed by atoms with Crippen LogP contribution in [0.1, 0.15) is 71.0 Å². The number of fused-ring (bicyclic) bond motifs is 1. The van der Waals surface area contributed by atoms with E-state index in [1.165, 1.54) is 0 Å². The lowest BCUT2D eigenvalue weighted by atomic mass is 9.91. The molecule has 0 spiro atoms. The molecule has 0 aromatic carbocycles.